The smallest absolute Gasteiger partial charge is 0.255 e. The van der Waals surface area contributed by atoms with Gasteiger partial charge in [-0.1, -0.05) is 32.9 Å². The van der Waals surface area contributed by atoms with E-state index in [9.17, 15) is 4.79 Å². The third kappa shape index (κ3) is 4.92. The summed E-state index contributed by atoms with van der Waals surface area (Å²) in [5, 5.41) is 2.96. The molecule has 0 aliphatic heterocycles. The second-order valence-corrected chi connectivity index (χ2v) is 9.20. The molecule has 0 fully saturated rings. The number of aromatic nitrogens is 1. The third-order valence-corrected chi connectivity index (χ3v) is 5.90. The van der Waals surface area contributed by atoms with Crippen LogP contribution in [0.4, 0.5) is 11.4 Å². The number of carbonyl (C=O) groups excluding carboxylic acids is 1. The highest BCUT2D eigenvalue weighted by atomic mass is 16.3. The molecule has 0 unspecified atom stereocenters. The van der Waals surface area contributed by atoms with Crippen LogP contribution in [-0.2, 0) is 5.41 Å². The highest BCUT2D eigenvalue weighted by molar-refractivity contribution is 6.05. The van der Waals surface area contributed by atoms with Crippen molar-refractivity contribution >= 4 is 28.4 Å². The maximum absolute atomic E-state index is 12.7. The lowest BCUT2D eigenvalue weighted by atomic mass is 9.87. The van der Waals surface area contributed by atoms with E-state index in [-0.39, 0.29) is 11.3 Å². The minimum absolute atomic E-state index is 0.0520. The number of benzene rings is 3. The second-order valence-electron chi connectivity index (χ2n) is 9.20. The number of nitrogens with zero attached hydrogens (tertiary/aromatic N) is 2. The molecule has 1 heterocycles. The molecular weight excluding hydrogens is 410 g/mol. The number of oxazole rings is 1. The van der Waals surface area contributed by atoms with Gasteiger partial charge in [-0.15, -0.1) is 0 Å². The summed E-state index contributed by atoms with van der Waals surface area (Å²) in [6.07, 6.45) is 0. The number of fused-ring (bicyclic) bond motifs is 1. The van der Waals surface area contributed by atoms with Crippen molar-refractivity contribution in [2.75, 3.05) is 23.3 Å². The van der Waals surface area contributed by atoms with Crippen molar-refractivity contribution < 1.29 is 9.21 Å². The van der Waals surface area contributed by atoms with Gasteiger partial charge in [0.15, 0.2) is 5.58 Å². The van der Waals surface area contributed by atoms with E-state index >= 15 is 0 Å². The van der Waals surface area contributed by atoms with Gasteiger partial charge in [0.1, 0.15) is 5.52 Å². The Labute approximate surface area is 195 Å². The van der Waals surface area contributed by atoms with Crippen LogP contribution in [0.5, 0.6) is 0 Å². The number of nitrogens with one attached hydrogen (secondary N) is 1. The lowest BCUT2D eigenvalue weighted by Gasteiger charge is -2.20. The number of rotatable bonds is 6. The Kier molecular flexibility index (Phi) is 6.23. The van der Waals surface area contributed by atoms with Crippen LogP contribution in [0.3, 0.4) is 0 Å². The van der Waals surface area contributed by atoms with Crippen LogP contribution in [0.15, 0.2) is 71.1 Å². The molecule has 0 saturated carbocycles. The molecule has 4 aromatic rings. The molecule has 5 heteroatoms. The number of hydrogen-bond acceptors (Lipinski definition) is 4. The molecule has 0 aliphatic carbocycles. The van der Waals surface area contributed by atoms with Crippen molar-refractivity contribution in [1.82, 2.24) is 4.98 Å². The van der Waals surface area contributed by atoms with Crippen molar-refractivity contribution in [3.8, 4) is 11.5 Å². The van der Waals surface area contributed by atoms with E-state index < -0.39 is 0 Å². The summed E-state index contributed by atoms with van der Waals surface area (Å²) in [6.45, 7) is 12.7. The van der Waals surface area contributed by atoms with Crippen molar-refractivity contribution in [2.45, 2.75) is 40.0 Å². The van der Waals surface area contributed by atoms with Crippen LogP contribution in [0.25, 0.3) is 22.6 Å². The fourth-order valence-corrected chi connectivity index (χ4v) is 3.86. The predicted molar refractivity (Wildman–Crippen MR) is 136 cm³/mol. The molecule has 4 rings (SSSR count). The van der Waals surface area contributed by atoms with E-state index in [0.717, 1.165) is 18.7 Å². The number of amides is 1. The summed E-state index contributed by atoms with van der Waals surface area (Å²) in [4.78, 5) is 19.7. The van der Waals surface area contributed by atoms with Crippen LogP contribution in [0.1, 0.15) is 50.5 Å². The van der Waals surface area contributed by atoms with Crippen LogP contribution in [0.2, 0.25) is 0 Å². The van der Waals surface area contributed by atoms with Crippen molar-refractivity contribution in [2.24, 2.45) is 0 Å². The van der Waals surface area contributed by atoms with Gasteiger partial charge in [0, 0.05) is 35.6 Å². The van der Waals surface area contributed by atoms with Crippen LogP contribution in [0, 0.1) is 0 Å². The first-order valence-electron chi connectivity index (χ1n) is 11.5. The Bertz CT molecular complexity index is 1250. The van der Waals surface area contributed by atoms with Gasteiger partial charge in [-0.3, -0.25) is 4.79 Å². The molecule has 33 heavy (non-hydrogen) atoms. The molecule has 1 aromatic heterocycles. The zero-order valence-corrected chi connectivity index (χ0v) is 20.0. The highest BCUT2D eigenvalue weighted by Gasteiger charge is 2.15. The second kappa shape index (κ2) is 9.10. The Balaban J connectivity index is 1.51. The molecule has 1 N–H and O–H groups in total. The molecule has 1 amide bonds. The molecule has 0 aliphatic rings. The topological polar surface area (TPSA) is 58.4 Å². The predicted octanol–water partition coefficient (Wildman–Crippen LogP) is 6.89. The monoisotopic (exact) mass is 441 g/mol. The van der Waals surface area contributed by atoms with E-state index in [2.05, 4.69) is 62.0 Å². The summed E-state index contributed by atoms with van der Waals surface area (Å²) < 4.78 is 5.96. The van der Waals surface area contributed by atoms with Crippen LogP contribution < -0.4 is 10.2 Å². The Morgan fingerprint density at radius 3 is 2.21 bits per heavy atom. The summed E-state index contributed by atoms with van der Waals surface area (Å²) >= 11 is 0. The zero-order chi connectivity index (χ0) is 23.6. The van der Waals surface area contributed by atoms with Crippen LogP contribution >= 0.6 is 0 Å². The quantitative estimate of drug-likeness (QED) is 0.354. The average Bonchev–Trinajstić information content (AvgIpc) is 3.23. The van der Waals surface area contributed by atoms with Gasteiger partial charge >= 0.3 is 0 Å². The Hall–Kier alpha value is -3.60. The Morgan fingerprint density at radius 2 is 1.61 bits per heavy atom. The molecule has 0 bridgehead atoms. The van der Waals surface area contributed by atoms with Gasteiger partial charge in [-0.25, -0.2) is 4.98 Å². The average molecular weight is 442 g/mol. The van der Waals surface area contributed by atoms with Crippen LogP contribution in [-0.4, -0.2) is 24.0 Å². The number of hydrogen-bond donors (Lipinski definition) is 1. The Morgan fingerprint density at radius 1 is 0.939 bits per heavy atom. The molecular formula is C28H31N3O2. The van der Waals surface area contributed by atoms with E-state index in [0.29, 0.717) is 28.2 Å². The fourth-order valence-electron chi connectivity index (χ4n) is 3.86. The lowest BCUT2D eigenvalue weighted by Crippen LogP contribution is -2.21. The maximum Gasteiger partial charge on any atom is 0.255 e. The first-order valence-corrected chi connectivity index (χ1v) is 11.5. The lowest BCUT2D eigenvalue weighted by molar-refractivity contribution is 0.102. The first kappa shape index (κ1) is 22.6. The minimum Gasteiger partial charge on any atom is -0.436 e. The summed E-state index contributed by atoms with van der Waals surface area (Å²) in [5.41, 5.74) is 6.05. The van der Waals surface area contributed by atoms with E-state index in [1.807, 2.05) is 54.6 Å². The third-order valence-electron chi connectivity index (χ3n) is 5.90. The van der Waals surface area contributed by atoms with E-state index in [1.54, 1.807) is 0 Å². The first-order chi connectivity index (χ1) is 15.8. The van der Waals surface area contributed by atoms with Gasteiger partial charge in [-0.05, 0) is 79.4 Å². The fraction of sp³-hybridized carbons (Fsp3) is 0.286. The van der Waals surface area contributed by atoms with Crippen molar-refractivity contribution in [1.29, 1.82) is 0 Å². The van der Waals surface area contributed by atoms with E-state index in [1.165, 1.54) is 11.3 Å². The van der Waals surface area contributed by atoms with Crippen molar-refractivity contribution in [3.63, 3.8) is 0 Å². The zero-order valence-electron chi connectivity index (χ0n) is 20.0. The largest absolute Gasteiger partial charge is 0.436 e. The summed E-state index contributed by atoms with van der Waals surface area (Å²) in [6, 6.07) is 21.5. The molecule has 0 spiro atoms. The number of anilines is 2. The molecule has 5 nitrogen and oxygen atoms in total. The molecule has 170 valence electrons. The highest BCUT2D eigenvalue weighted by Crippen LogP contribution is 2.28. The molecule has 3 aromatic carbocycles. The van der Waals surface area contributed by atoms with Crippen molar-refractivity contribution in [3.05, 3.63) is 77.9 Å². The van der Waals surface area contributed by atoms with Gasteiger partial charge in [-0.2, -0.15) is 0 Å². The SMILES string of the molecule is CCN(CC)c1ccc(-c2nc3cc(NC(=O)c4ccc(C(C)(C)C)cc4)ccc3o2)cc1. The van der Waals surface area contributed by atoms with Gasteiger partial charge in [0.2, 0.25) is 5.89 Å². The summed E-state index contributed by atoms with van der Waals surface area (Å²) in [5.74, 6) is 0.419. The molecule has 0 radical (unpaired) electrons. The maximum atomic E-state index is 12.7. The van der Waals surface area contributed by atoms with Gasteiger partial charge in [0.05, 0.1) is 0 Å². The van der Waals surface area contributed by atoms with Gasteiger partial charge in [0.25, 0.3) is 5.91 Å². The number of carbonyl (C=O) groups is 1. The summed E-state index contributed by atoms with van der Waals surface area (Å²) in [7, 11) is 0. The van der Waals surface area contributed by atoms with E-state index in [4.69, 9.17) is 4.42 Å². The minimum atomic E-state index is -0.148. The van der Waals surface area contributed by atoms with Gasteiger partial charge < -0.3 is 14.6 Å². The standard InChI is InChI=1S/C28H31N3O2/c1-6-31(7-2)23-15-10-20(11-16-23)27-30-24-18-22(14-17-25(24)33-27)29-26(32)19-8-12-21(13-9-19)28(3,4)5/h8-18H,6-7H2,1-5H3,(H,29,32). The molecule has 0 atom stereocenters. The normalized spacial score (nSPS) is 11.5. The molecule has 0 saturated heterocycles.